The molecule has 8 nitrogen and oxygen atoms in total. The Morgan fingerprint density at radius 1 is 1.21 bits per heavy atom. The van der Waals surface area contributed by atoms with E-state index in [4.69, 9.17) is 5.26 Å². The molecule has 0 aliphatic carbocycles. The molecule has 1 aliphatic rings. The largest absolute Gasteiger partial charge is 0.363 e. The second kappa shape index (κ2) is 9.12. The molecule has 0 unspecified atom stereocenters. The molecule has 0 aromatic heterocycles. The van der Waals surface area contributed by atoms with E-state index in [-0.39, 0.29) is 16.8 Å². The lowest BCUT2D eigenvalue weighted by Gasteiger charge is -2.35. The zero-order valence-electron chi connectivity index (χ0n) is 15.7. The van der Waals surface area contributed by atoms with Crippen molar-refractivity contribution in [3.05, 3.63) is 69.5 Å². The monoisotopic (exact) mass is 397 g/mol. The number of hydrogen-bond acceptors (Lipinski definition) is 6. The van der Waals surface area contributed by atoms with Crippen LogP contribution >= 0.6 is 0 Å². The Balaban J connectivity index is 1.51. The zero-order valence-corrected chi connectivity index (χ0v) is 15.7. The number of hydrogen-bond donors (Lipinski definition) is 1. The van der Waals surface area contributed by atoms with E-state index in [1.165, 1.54) is 24.3 Å². The second-order valence-electron chi connectivity index (χ2n) is 6.64. The average Bonchev–Trinajstić information content (AvgIpc) is 2.74. The molecule has 9 heteroatoms. The van der Waals surface area contributed by atoms with Crippen LogP contribution in [0, 0.1) is 27.3 Å². The molecule has 0 radical (unpaired) electrons. The third-order valence-electron chi connectivity index (χ3n) is 4.85. The van der Waals surface area contributed by atoms with Crippen LogP contribution in [0.25, 0.3) is 0 Å². The van der Waals surface area contributed by atoms with E-state index in [2.05, 4.69) is 10.2 Å². The highest BCUT2D eigenvalue weighted by molar-refractivity contribution is 5.94. The summed E-state index contributed by atoms with van der Waals surface area (Å²) in [6.45, 7) is 3.51. The normalized spacial score (nSPS) is 14.3. The highest BCUT2D eigenvalue weighted by Crippen LogP contribution is 2.29. The lowest BCUT2D eigenvalue weighted by molar-refractivity contribution is -0.384. The molecule has 29 heavy (non-hydrogen) atoms. The molecular weight excluding hydrogens is 377 g/mol. The lowest BCUT2D eigenvalue weighted by Crippen LogP contribution is -2.48. The predicted octanol–water partition coefficient (Wildman–Crippen LogP) is 2.16. The average molecular weight is 397 g/mol. The van der Waals surface area contributed by atoms with Gasteiger partial charge in [0.15, 0.2) is 0 Å². The number of halogens is 1. The van der Waals surface area contributed by atoms with Gasteiger partial charge in [0.25, 0.3) is 11.6 Å². The Hall–Kier alpha value is -3.51. The maximum atomic E-state index is 13.6. The van der Waals surface area contributed by atoms with Gasteiger partial charge in [0.2, 0.25) is 0 Å². The molecule has 0 saturated carbocycles. The minimum Gasteiger partial charge on any atom is -0.363 e. The van der Waals surface area contributed by atoms with Gasteiger partial charge in [-0.3, -0.25) is 19.8 Å². The van der Waals surface area contributed by atoms with E-state index < -0.39 is 16.6 Å². The Bertz CT molecular complexity index is 951. The Morgan fingerprint density at radius 2 is 1.93 bits per heavy atom. The number of piperazine rings is 1. The fourth-order valence-electron chi connectivity index (χ4n) is 3.29. The van der Waals surface area contributed by atoms with Crippen molar-refractivity contribution in [2.24, 2.45) is 0 Å². The number of benzene rings is 2. The number of nitro groups is 1. The standard InChI is InChI=1S/C20H20FN5O3/c21-17-4-2-1-3-16(17)20(27)23-7-8-24-9-11-25(12-10-24)18-6-5-15(14-22)13-19(18)26(28)29/h1-6,13H,7-12H2,(H,23,27). The van der Waals surface area contributed by atoms with E-state index in [0.717, 1.165) is 0 Å². The molecule has 0 bridgehead atoms. The number of nitrogens with zero attached hydrogens (tertiary/aromatic N) is 4. The first-order valence-electron chi connectivity index (χ1n) is 9.18. The van der Waals surface area contributed by atoms with Gasteiger partial charge >= 0.3 is 0 Å². The molecule has 2 aromatic rings. The van der Waals surface area contributed by atoms with Gasteiger partial charge in [0.1, 0.15) is 11.5 Å². The quantitative estimate of drug-likeness (QED) is 0.592. The van der Waals surface area contributed by atoms with E-state index in [1.54, 1.807) is 18.2 Å². The maximum absolute atomic E-state index is 13.6. The van der Waals surface area contributed by atoms with Crippen LogP contribution in [0.4, 0.5) is 15.8 Å². The number of carbonyl (C=O) groups excluding carboxylic acids is 1. The summed E-state index contributed by atoms with van der Waals surface area (Å²) < 4.78 is 13.6. The van der Waals surface area contributed by atoms with Crippen molar-refractivity contribution in [2.45, 2.75) is 0 Å². The third kappa shape index (κ3) is 4.86. The fraction of sp³-hybridized carbons (Fsp3) is 0.300. The van der Waals surface area contributed by atoms with Crippen molar-refractivity contribution in [3.8, 4) is 6.07 Å². The molecule has 1 heterocycles. The van der Waals surface area contributed by atoms with E-state index in [1.807, 2.05) is 11.0 Å². The van der Waals surface area contributed by atoms with Crippen LogP contribution in [0.1, 0.15) is 15.9 Å². The van der Waals surface area contributed by atoms with Crippen molar-refractivity contribution in [2.75, 3.05) is 44.2 Å². The van der Waals surface area contributed by atoms with Crippen LogP contribution < -0.4 is 10.2 Å². The molecule has 2 aromatic carbocycles. The number of nitrogens with one attached hydrogen (secondary N) is 1. The molecule has 150 valence electrons. The van der Waals surface area contributed by atoms with Gasteiger partial charge in [-0.15, -0.1) is 0 Å². The van der Waals surface area contributed by atoms with Gasteiger partial charge in [-0.1, -0.05) is 12.1 Å². The summed E-state index contributed by atoms with van der Waals surface area (Å²) in [5.41, 5.74) is 0.700. The molecule has 1 amide bonds. The minimum absolute atomic E-state index is 0.0189. The summed E-state index contributed by atoms with van der Waals surface area (Å²) >= 11 is 0. The maximum Gasteiger partial charge on any atom is 0.293 e. The highest BCUT2D eigenvalue weighted by atomic mass is 19.1. The second-order valence-corrected chi connectivity index (χ2v) is 6.64. The van der Waals surface area contributed by atoms with Crippen LogP contribution in [-0.4, -0.2) is 55.0 Å². The summed E-state index contributed by atoms with van der Waals surface area (Å²) in [6, 6.07) is 12.2. The predicted molar refractivity (Wildman–Crippen MR) is 105 cm³/mol. The molecule has 0 spiro atoms. The number of rotatable bonds is 6. The molecule has 1 saturated heterocycles. The molecule has 1 fully saturated rings. The van der Waals surface area contributed by atoms with E-state index in [9.17, 15) is 19.3 Å². The van der Waals surface area contributed by atoms with Crippen LogP contribution in [0.2, 0.25) is 0 Å². The van der Waals surface area contributed by atoms with Crippen molar-refractivity contribution in [1.82, 2.24) is 10.2 Å². The lowest BCUT2D eigenvalue weighted by atomic mass is 10.1. The van der Waals surface area contributed by atoms with Crippen molar-refractivity contribution in [1.29, 1.82) is 5.26 Å². The van der Waals surface area contributed by atoms with Gasteiger partial charge in [0.05, 0.1) is 22.1 Å². The van der Waals surface area contributed by atoms with Crippen LogP contribution in [0.15, 0.2) is 42.5 Å². The molecule has 0 atom stereocenters. The first-order valence-corrected chi connectivity index (χ1v) is 9.18. The van der Waals surface area contributed by atoms with Gasteiger partial charge in [-0.2, -0.15) is 5.26 Å². The summed E-state index contributed by atoms with van der Waals surface area (Å²) in [4.78, 5) is 27.0. The number of amides is 1. The summed E-state index contributed by atoms with van der Waals surface area (Å²) in [5.74, 6) is -1.00. The van der Waals surface area contributed by atoms with Gasteiger partial charge in [-0.25, -0.2) is 4.39 Å². The van der Waals surface area contributed by atoms with Crippen LogP contribution in [0.3, 0.4) is 0 Å². The Morgan fingerprint density at radius 3 is 2.59 bits per heavy atom. The highest BCUT2D eigenvalue weighted by Gasteiger charge is 2.24. The van der Waals surface area contributed by atoms with E-state index in [0.29, 0.717) is 45.0 Å². The summed E-state index contributed by atoms with van der Waals surface area (Å²) in [7, 11) is 0. The first kappa shape index (κ1) is 20.2. The summed E-state index contributed by atoms with van der Waals surface area (Å²) in [6.07, 6.45) is 0. The molecule has 1 N–H and O–H groups in total. The number of nitro benzene ring substituents is 1. The van der Waals surface area contributed by atoms with Gasteiger partial charge < -0.3 is 10.2 Å². The topological polar surface area (TPSA) is 103 Å². The number of carbonyl (C=O) groups is 1. The van der Waals surface area contributed by atoms with Crippen molar-refractivity contribution < 1.29 is 14.1 Å². The minimum atomic E-state index is -0.553. The Labute approximate surface area is 167 Å². The smallest absolute Gasteiger partial charge is 0.293 e. The first-order chi connectivity index (χ1) is 14.0. The SMILES string of the molecule is N#Cc1ccc(N2CCN(CCNC(=O)c3ccccc3F)CC2)c([N+](=O)[O-])c1. The van der Waals surface area contributed by atoms with Crippen molar-refractivity contribution in [3.63, 3.8) is 0 Å². The van der Waals surface area contributed by atoms with Crippen molar-refractivity contribution >= 4 is 17.3 Å². The zero-order chi connectivity index (χ0) is 20.8. The summed E-state index contributed by atoms with van der Waals surface area (Å²) in [5, 5.41) is 23.0. The molecule has 3 rings (SSSR count). The Kier molecular flexibility index (Phi) is 6.36. The number of nitriles is 1. The molecule has 1 aliphatic heterocycles. The fourth-order valence-corrected chi connectivity index (χ4v) is 3.29. The number of anilines is 1. The third-order valence-corrected chi connectivity index (χ3v) is 4.85. The molecular formula is C20H20FN5O3. The van der Waals surface area contributed by atoms with Crippen LogP contribution in [0.5, 0.6) is 0 Å². The van der Waals surface area contributed by atoms with Crippen LogP contribution in [-0.2, 0) is 0 Å². The van der Waals surface area contributed by atoms with Gasteiger partial charge in [0, 0.05) is 45.3 Å². The van der Waals surface area contributed by atoms with Gasteiger partial charge in [-0.05, 0) is 24.3 Å². The van der Waals surface area contributed by atoms with E-state index >= 15 is 0 Å².